The van der Waals surface area contributed by atoms with Gasteiger partial charge in [0.15, 0.2) is 0 Å². The van der Waals surface area contributed by atoms with Crippen molar-refractivity contribution in [1.29, 1.82) is 0 Å². The van der Waals surface area contributed by atoms with Crippen molar-refractivity contribution < 1.29 is 0 Å². The monoisotopic (exact) mass is 234 g/mol. The van der Waals surface area contributed by atoms with E-state index in [1.54, 1.807) is 0 Å². The molecule has 0 nitrogen and oxygen atoms in total. The average Bonchev–Trinajstić information content (AvgIpc) is 2.44. The van der Waals surface area contributed by atoms with Crippen LogP contribution in [0.1, 0.15) is 12.5 Å². The molecule has 0 aliphatic heterocycles. The van der Waals surface area contributed by atoms with E-state index in [4.69, 9.17) is 0 Å². The molecule has 0 N–H and O–H groups in total. The molecule has 2 unspecified atom stereocenters. The molecule has 0 heterocycles. The van der Waals surface area contributed by atoms with Crippen molar-refractivity contribution >= 4 is 0 Å². The zero-order valence-electron chi connectivity index (χ0n) is 10.7. The van der Waals surface area contributed by atoms with Gasteiger partial charge in [-0.15, -0.1) is 0 Å². The number of benzene rings is 1. The van der Waals surface area contributed by atoms with E-state index in [-0.39, 0.29) is 0 Å². The number of hydrogen-bond acceptors (Lipinski definition) is 0. The Morgan fingerprint density at radius 1 is 0.944 bits per heavy atom. The molecule has 0 spiro atoms. The summed E-state index contributed by atoms with van der Waals surface area (Å²) in [5, 5.41) is 0. The van der Waals surface area contributed by atoms with Crippen LogP contribution in [-0.4, -0.2) is 0 Å². The van der Waals surface area contributed by atoms with Crippen LogP contribution in [0.3, 0.4) is 0 Å². The lowest BCUT2D eigenvalue weighted by atomic mass is 9.75. The predicted octanol–water partition coefficient (Wildman–Crippen LogP) is 4.47. The lowest BCUT2D eigenvalue weighted by molar-refractivity contribution is 0.526. The maximum absolute atomic E-state index is 2.38. The van der Waals surface area contributed by atoms with E-state index in [0.717, 1.165) is 6.42 Å². The summed E-state index contributed by atoms with van der Waals surface area (Å²) in [7, 11) is 0. The highest BCUT2D eigenvalue weighted by Gasteiger charge is 2.24. The van der Waals surface area contributed by atoms with E-state index in [1.165, 1.54) is 16.7 Å². The second-order valence-corrected chi connectivity index (χ2v) is 5.12. The van der Waals surface area contributed by atoms with Crippen LogP contribution in [0, 0.1) is 11.8 Å². The molecule has 90 valence electrons. The van der Waals surface area contributed by atoms with Gasteiger partial charge in [-0.1, -0.05) is 66.8 Å². The Kier molecular flexibility index (Phi) is 3.02. The molecule has 0 amide bonds. The van der Waals surface area contributed by atoms with Crippen molar-refractivity contribution in [1.82, 2.24) is 0 Å². The molecule has 0 saturated carbocycles. The highest BCUT2D eigenvalue weighted by atomic mass is 14.3. The summed E-state index contributed by atoms with van der Waals surface area (Å²) in [5.74, 6) is 1.15. The lowest BCUT2D eigenvalue weighted by Gasteiger charge is -2.29. The minimum absolute atomic E-state index is 0.556. The minimum atomic E-state index is 0.556. The largest absolute Gasteiger partial charge is 0.0799 e. The van der Waals surface area contributed by atoms with E-state index in [9.17, 15) is 0 Å². The third-order valence-electron chi connectivity index (χ3n) is 3.89. The Labute approximate surface area is 109 Å². The van der Waals surface area contributed by atoms with Gasteiger partial charge in [0, 0.05) is 5.92 Å². The molecular formula is C18H18. The van der Waals surface area contributed by atoms with Crippen LogP contribution in [-0.2, 0) is 6.42 Å². The highest BCUT2D eigenvalue weighted by Crippen LogP contribution is 2.35. The van der Waals surface area contributed by atoms with Crippen LogP contribution in [0.4, 0.5) is 0 Å². The van der Waals surface area contributed by atoms with Crippen molar-refractivity contribution in [2.75, 3.05) is 0 Å². The highest BCUT2D eigenvalue weighted by molar-refractivity contribution is 5.44. The first-order chi connectivity index (χ1) is 8.84. The molecule has 0 bridgehead atoms. The number of rotatable bonds is 2. The minimum Gasteiger partial charge on any atom is -0.0799 e. The Hall–Kier alpha value is -1.82. The van der Waals surface area contributed by atoms with Crippen LogP contribution < -0.4 is 0 Å². The molecule has 0 heteroatoms. The van der Waals surface area contributed by atoms with Crippen LogP contribution in [0.15, 0.2) is 77.9 Å². The molecule has 1 aromatic rings. The van der Waals surface area contributed by atoms with E-state index in [1.807, 2.05) is 0 Å². The standard InChI is InChI=1S/C18H18/c1-14-11-12-16(13-15-7-3-2-4-8-15)18-10-6-5-9-17(14)18/h2-12,16,18H,13H2,1H3. The fourth-order valence-corrected chi connectivity index (χ4v) is 2.89. The van der Waals surface area contributed by atoms with Crippen molar-refractivity contribution in [2.24, 2.45) is 11.8 Å². The second kappa shape index (κ2) is 4.81. The third-order valence-corrected chi connectivity index (χ3v) is 3.89. The Morgan fingerprint density at radius 2 is 1.78 bits per heavy atom. The van der Waals surface area contributed by atoms with Crippen molar-refractivity contribution in [2.45, 2.75) is 13.3 Å². The van der Waals surface area contributed by atoms with Crippen molar-refractivity contribution in [3.63, 3.8) is 0 Å². The van der Waals surface area contributed by atoms with Gasteiger partial charge in [-0.05, 0) is 36.0 Å². The molecule has 2 aliphatic carbocycles. The molecule has 2 aliphatic rings. The van der Waals surface area contributed by atoms with E-state index >= 15 is 0 Å². The van der Waals surface area contributed by atoms with Crippen LogP contribution >= 0.6 is 0 Å². The molecule has 1 aromatic carbocycles. The van der Waals surface area contributed by atoms with E-state index in [0.29, 0.717) is 11.8 Å². The Bertz CT molecular complexity index is 541. The smallest absolute Gasteiger partial charge is 0.00898 e. The van der Waals surface area contributed by atoms with E-state index < -0.39 is 0 Å². The number of hydrogen-bond donors (Lipinski definition) is 0. The SMILES string of the molecule is CC1=C2C=CC=CC2C(Cc2ccccc2)C=C1. The average molecular weight is 234 g/mol. The van der Waals surface area contributed by atoms with Crippen LogP contribution in [0.2, 0.25) is 0 Å². The summed E-state index contributed by atoms with van der Waals surface area (Å²) in [6.07, 6.45) is 14.7. The summed E-state index contributed by atoms with van der Waals surface area (Å²) in [4.78, 5) is 0. The molecule has 0 saturated heterocycles. The van der Waals surface area contributed by atoms with E-state index in [2.05, 4.69) is 73.7 Å². The first-order valence-electron chi connectivity index (χ1n) is 6.62. The van der Waals surface area contributed by atoms with Crippen LogP contribution in [0.5, 0.6) is 0 Å². The number of allylic oxidation sites excluding steroid dienone is 8. The molecule has 0 aromatic heterocycles. The van der Waals surface area contributed by atoms with Gasteiger partial charge in [-0.3, -0.25) is 0 Å². The quantitative estimate of drug-likeness (QED) is 0.708. The first kappa shape index (κ1) is 11.3. The molecule has 3 rings (SSSR count). The van der Waals surface area contributed by atoms with Crippen molar-refractivity contribution in [3.8, 4) is 0 Å². The van der Waals surface area contributed by atoms with Gasteiger partial charge in [0.05, 0.1) is 0 Å². The first-order valence-corrected chi connectivity index (χ1v) is 6.62. The molecule has 0 fully saturated rings. The zero-order chi connectivity index (χ0) is 12.4. The molecule has 2 atom stereocenters. The maximum Gasteiger partial charge on any atom is 0.00898 e. The van der Waals surface area contributed by atoms with Crippen LogP contribution in [0.25, 0.3) is 0 Å². The van der Waals surface area contributed by atoms with Gasteiger partial charge in [0.25, 0.3) is 0 Å². The Balaban J connectivity index is 1.85. The third kappa shape index (κ3) is 2.11. The number of fused-ring (bicyclic) bond motifs is 1. The van der Waals surface area contributed by atoms with Gasteiger partial charge in [-0.25, -0.2) is 0 Å². The topological polar surface area (TPSA) is 0 Å². The Morgan fingerprint density at radius 3 is 2.61 bits per heavy atom. The fourth-order valence-electron chi connectivity index (χ4n) is 2.89. The van der Waals surface area contributed by atoms with Gasteiger partial charge >= 0.3 is 0 Å². The second-order valence-electron chi connectivity index (χ2n) is 5.12. The predicted molar refractivity (Wildman–Crippen MR) is 77.2 cm³/mol. The summed E-state index contributed by atoms with van der Waals surface area (Å²) in [6, 6.07) is 10.8. The normalized spacial score (nSPS) is 25.4. The lowest BCUT2D eigenvalue weighted by Crippen LogP contribution is -2.19. The van der Waals surface area contributed by atoms with Gasteiger partial charge in [0.2, 0.25) is 0 Å². The van der Waals surface area contributed by atoms with Gasteiger partial charge < -0.3 is 0 Å². The molecular weight excluding hydrogens is 216 g/mol. The van der Waals surface area contributed by atoms with Gasteiger partial charge in [0.1, 0.15) is 0 Å². The maximum atomic E-state index is 2.38. The summed E-state index contributed by atoms with van der Waals surface area (Å²) in [5.41, 5.74) is 4.32. The summed E-state index contributed by atoms with van der Waals surface area (Å²) < 4.78 is 0. The summed E-state index contributed by atoms with van der Waals surface area (Å²) >= 11 is 0. The summed E-state index contributed by atoms with van der Waals surface area (Å²) in [6.45, 7) is 2.21. The van der Waals surface area contributed by atoms with Crippen molar-refractivity contribution in [3.05, 3.63) is 83.5 Å². The fraction of sp³-hybridized carbons (Fsp3) is 0.222. The molecule has 0 radical (unpaired) electrons. The molecule has 18 heavy (non-hydrogen) atoms. The van der Waals surface area contributed by atoms with Gasteiger partial charge in [-0.2, -0.15) is 0 Å². The zero-order valence-corrected chi connectivity index (χ0v) is 10.7.